The molecule has 4 rings (SSSR count). The first-order valence-electron chi connectivity index (χ1n) is 11.5. The number of allylic oxidation sites excluding steroid dienone is 3. The number of non-ortho nitro benzene ring substituents is 1. The van der Waals surface area contributed by atoms with Crippen molar-refractivity contribution in [2.24, 2.45) is 5.73 Å². The van der Waals surface area contributed by atoms with Crippen molar-refractivity contribution in [1.29, 1.82) is 5.26 Å². The number of nitriles is 1. The average molecular weight is 458 g/mol. The second kappa shape index (κ2) is 9.40. The first-order valence-corrected chi connectivity index (χ1v) is 11.5. The van der Waals surface area contributed by atoms with E-state index in [-0.39, 0.29) is 22.9 Å². The van der Waals surface area contributed by atoms with Gasteiger partial charge in [-0.3, -0.25) is 19.8 Å². The number of hydrogen-bond donors (Lipinski definition) is 1. The van der Waals surface area contributed by atoms with Crippen LogP contribution >= 0.6 is 0 Å². The molecule has 0 radical (unpaired) electrons. The highest BCUT2D eigenvalue weighted by molar-refractivity contribution is 6.01. The van der Waals surface area contributed by atoms with Crippen molar-refractivity contribution in [3.8, 4) is 6.07 Å². The van der Waals surface area contributed by atoms with Crippen LogP contribution < -0.4 is 15.5 Å². The van der Waals surface area contributed by atoms with Crippen molar-refractivity contribution in [1.82, 2.24) is 0 Å². The van der Waals surface area contributed by atoms with E-state index in [1.165, 1.54) is 12.1 Å². The fourth-order valence-corrected chi connectivity index (χ4v) is 4.93. The van der Waals surface area contributed by atoms with E-state index in [2.05, 4.69) is 24.8 Å². The van der Waals surface area contributed by atoms with E-state index in [1.807, 2.05) is 24.3 Å². The van der Waals surface area contributed by atoms with Gasteiger partial charge < -0.3 is 10.6 Å². The summed E-state index contributed by atoms with van der Waals surface area (Å²) in [5, 5.41) is 21.5. The number of carbonyl (C=O) groups excluding carboxylic acids is 1. The summed E-state index contributed by atoms with van der Waals surface area (Å²) in [7, 11) is 0. The number of benzene rings is 2. The SMILES string of the molecule is CCN(CC)c1ccc(C2C(C#N)=C(N)N(c3cccc([N+](=O)[O-])c3)C3=C2C(=O)CCC3)cc1. The van der Waals surface area contributed by atoms with Crippen LogP contribution in [0.3, 0.4) is 0 Å². The highest BCUT2D eigenvalue weighted by atomic mass is 16.6. The smallest absolute Gasteiger partial charge is 0.271 e. The first kappa shape index (κ1) is 23.1. The third-order valence-electron chi connectivity index (χ3n) is 6.57. The molecule has 0 saturated carbocycles. The molecule has 0 saturated heterocycles. The van der Waals surface area contributed by atoms with Gasteiger partial charge in [0, 0.05) is 48.6 Å². The van der Waals surface area contributed by atoms with Crippen molar-refractivity contribution in [3.63, 3.8) is 0 Å². The Bertz CT molecular complexity index is 1240. The number of nitro benzene ring substituents is 1. The molecule has 0 spiro atoms. The Morgan fingerprint density at radius 1 is 1.18 bits per heavy atom. The van der Waals surface area contributed by atoms with Gasteiger partial charge in [-0.15, -0.1) is 0 Å². The summed E-state index contributed by atoms with van der Waals surface area (Å²) in [5.74, 6) is -0.377. The molecule has 8 heteroatoms. The summed E-state index contributed by atoms with van der Waals surface area (Å²) in [4.78, 5) is 28.0. The van der Waals surface area contributed by atoms with Crippen LogP contribution in [0.15, 0.2) is 71.2 Å². The van der Waals surface area contributed by atoms with E-state index in [0.717, 1.165) is 24.3 Å². The van der Waals surface area contributed by atoms with Gasteiger partial charge in [0.2, 0.25) is 0 Å². The minimum Gasteiger partial charge on any atom is -0.384 e. The summed E-state index contributed by atoms with van der Waals surface area (Å²) < 4.78 is 0. The molecule has 2 aromatic rings. The number of hydrogen-bond acceptors (Lipinski definition) is 7. The molecule has 1 atom stereocenters. The van der Waals surface area contributed by atoms with Gasteiger partial charge in [-0.25, -0.2) is 0 Å². The summed E-state index contributed by atoms with van der Waals surface area (Å²) in [6.45, 7) is 5.94. The molecule has 0 aromatic heterocycles. The third-order valence-corrected chi connectivity index (χ3v) is 6.57. The van der Waals surface area contributed by atoms with Crippen molar-refractivity contribution in [2.45, 2.75) is 39.0 Å². The highest BCUT2D eigenvalue weighted by Gasteiger charge is 2.40. The summed E-state index contributed by atoms with van der Waals surface area (Å²) in [6.07, 6.45) is 1.65. The summed E-state index contributed by atoms with van der Waals surface area (Å²) >= 11 is 0. The molecule has 34 heavy (non-hydrogen) atoms. The maximum Gasteiger partial charge on any atom is 0.271 e. The van der Waals surface area contributed by atoms with E-state index in [1.54, 1.807) is 17.0 Å². The Morgan fingerprint density at radius 2 is 1.88 bits per heavy atom. The molecule has 0 amide bonds. The second-order valence-electron chi connectivity index (χ2n) is 8.36. The van der Waals surface area contributed by atoms with Crippen LogP contribution in [0.5, 0.6) is 0 Å². The van der Waals surface area contributed by atoms with E-state index in [4.69, 9.17) is 5.73 Å². The lowest BCUT2D eigenvalue weighted by atomic mass is 9.75. The normalized spacial score (nSPS) is 18.0. The zero-order chi connectivity index (χ0) is 24.4. The molecule has 0 fully saturated rings. The number of carbonyl (C=O) groups is 1. The molecule has 1 aliphatic carbocycles. The highest BCUT2D eigenvalue weighted by Crippen LogP contribution is 2.46. The van der Waals surface area contributed by atoms with Crippen molar-refractivity contribution >= 4 is 22.8 Å². The van der Waals surface area contributed by atoms with Crippen LogP contribution in [0.25, 0.3) is 0 Å². The first-order chi connectivity index (χ1) is 16.4. The Morgan fingerprint density at radius 3 is 2.50 bits per heavy atom. The number of anilines is 2. The number of nitro groups is 1. The van der Waals surface area contributed by atoms with Gasteiger partial charge >= 0.3 is 0 Å². The molecule has 1 heterocycles. The number of rotatable bonds is 6. The molecular formula is C26H27N5O3. The Balaban J connectivity index is 1.87. The second-order valence-corrected chi connectivity index (χ2v) is 8.36. The van der Waals surface area contributed by atoms with Gasteiger partial charge in [0.05, 0.1) is 28.2 Å². The fraction of sp³-hybridized carbons (Fsp3) is 0.308. The van der Waals surface area contributed by atoms with E-state index in [9.17, 15) is 20.2 Å². The molecule has 2 N–H and O–H groups in total. The third kappa shape index (κ3) is 3.90. The average Bonchev–Trinajstić information content (AvgIpc) is 2.85. The molecule has 1 unspecified atom stereocenters. The number of Topliss-reactive ketones (excluding diaryl/α,β-unsaturated/α-hetero) is 1. The Kier molecular flexibility index (Phi) is 6.37. The van der Waals surface area contributed by atoms with Crippen molar-refractivity contribution in [2.75, 3.05) is 22.9 Å². The lowest BCUT2D eigenvalue weighted by Gasteiger charge is -2.39. The van der Waals surface area contributed by atoms with Crippen LogP contribution in [-0.2, 0) is 4.79 Å². The van der Waals surface area contributed by atoms with Gasteiger partial charge in [-0.2, -0.15) is 5.26 Å². The lowest BCUT2D eigenvalue weighted by molar-refractivity contribution is -0.384. The maximum absolute atomic E-state index is 13.2. The van der Waals surface area contributed by atoms with Gasteiger partial charge in [0.15, 0.2) is 5.78 Å². The molecule has 174 valence electrons. The predicted octanol–water partition coefficient (Wildman–Crippen LogP) is 4.75. The van der Waals surface area contributed by atoms with E-state index < -0.39 is 10.8 Å². The van der Waals surface area contributed by atoms with Crippen molar-refractivity contribution in [3.05, 3.63) is 86.9 Å². The number of nitrogens with two attached hydrogens (primary N) is 1. The maximum atomic E-state index is 13.2. The minimum atomic E-state index is -0.562. The van der Waals surface area contributed by atoms with Crippen LogP contribution in [0, 0.1) is 21.4 Å². The number of nitrogens with zero attached hydrogens (tertiary/aromatic N) is 4. The standard InChI is InChI=1S/C26H27N5O3/c1-3-29(4-2)18-13-11-17(12-14-18)24-21(16-27)26(28)30(22-9-6-10-23(32)25(22)24)19-7-5-8-20(15-19)31(33)34/h5,7-8,11-15,24H,3-4,6,9-10,28H2,1-2H3. The molecule has 8 nitrogen and oxygen atoms in total. The topological polar surface area (TPSA) is 116 Å². The van der Waals surface area contributed by atoms with E-state index >= 15 is 0 Å². The summed E-state index contributed by atoms with van der Waals surface area (Å²) in [5.41, 5.74) is 10.4. The van der Waals surface area contributed by atoms with Gasteiger partial charge in [-0.1, -0.05) is 18.2 Å². The minimum absolute atomic E-state index is 0.0187. The van der Waals surface area contributed by atoms with Gasteiger partial charge in [-0.05, 0) is 50.5 Å². The fourth-order valence-electron chi connectivity index (χ4n) is 4.93. The monoisotopic (exact) mass is 457 g/mol. The van der Waals surface area contributed by atoms with Crippen molar-refractivity contribution < 1.29 is 9.72 Å². The van der Waals surface area contributed by atoms with Crippen LogP contribution in [0.4, 0.5) is 17.1 Å². The molecule has 2 aromatic carbocycles. The largest absolute Gasteiger partial charge is 0.384 e. The molecule has 2 aliphatic rings. The summed E-state index contributed by atoms with van der Waals surface area (Å²) in [6, 6.07) is 16.3. The predicted molar refractivity (Wildman–Crippen MR) is 131 cm³/mol. The van der Waals surface area contributed by atoms with Crippen LogP contribution in [0.1, 0.15) is 44.6 Å². The van der Waals surface area contributed by atoms with Crippen LogP contribution in [-0.4, -0.2) is 23.8 Å². The molecular weight excluding hydrogens is 430 g/mol. The quantitative estimate of drug-likeness (QED) is 0.491. The lowest BCUT2D eigenvalue weighted by Crippen LogP contribution is -2.38. The van der Waals surface area contributed by atoms with E-state index in [0.29, 0.717) is 36.2 Å². The zero-order valence-corrected chi connectivity index (χ0v) is 19.3. The van der Waals surface area contributed by atoms with Gasteiger partial charge in [0.25, 0.3) is 5.69 Å². The number of ketones is 1. The molecule has 1 aliphatic heterocycles. The Labute approximate surface area is 198 Å². The van der Waals surface area contributed by atoms with Gasteiger partial charge in [0.1, 0.15) is 5.82 Å². The van der Waals surface area contributed by atoms with Crippen LogP contribution in [0.2, 0.25) is 0 Å². The molecule has 0 bridgehead atoms. The Hall–Kier alpha value is -4.12. The zero-order valence-electron chi connectivity index (χ0n) is 19.3.